The van der Waals surface area contributed by atoms with Crippen LogP contribution in [0.2, 0.25) is 0 Å². The molecule has 1 aromatic carbocycles. The summed E-state index contributed by atoms with van der Waals surface area (Å²) in [7, 11) is 0. The maximum atomic E-state index is 12.5. The average Bonchev–Trinajstić information content (AvgIpc) is 3.01. The molecule has 7 heteroatoms. The van der Waals surface area contributed by atoms with Crippen molar-refractivity contribution in [2.45, 2.75) is 39.0 Å². The summed E-state index contributed by atoms with van der Waals surface area (Å²) in [6.07, 6.45) is -0.147. The lowest BCUT2D eigenvalue weighted by molar-refractivity contribution is -0.129. The van der Waals surface area contributed by atoms with E-state index >= 15 is 0 Å². The highest BCUT2D eigenvalue weighted by Crippen LogP contribution is 2.31. The second-order valence-corrected chi connectivity index (χ2v) is 5.99. The number of benzene rings is 1. The summed E-state index contributed by atoms with van der Waals surface area (Å²) < 4.78 is 17.1. The predicted molar refractivity (Wildman–Crippen MR) is 98.4 cm³/mol. The maximum absolute atomic E-state index is 12.5. The third-order valence-electron chi connectivity index (χ3n) is 4.21. The number of halogens is 1. The van der Waals surface area contributed by atoms with Gasteiger partial charge in [0.2, 0.25) is 5.91 Å². The van der Waals surface area contributed by atoms with Crippen LogP contribution >= 0.6 is 12.4 Å². The van der Waals surface area contributed by atoms with Gasteiger partial charge >= 0.3 is 0 Å². The normalized spacial score (nSPS) is 21.4. The van der Waals surface area contributed by atoms with Crippen LogP contribution in [0.3, 0.4) is 0 Å². The van der Waals surface area contributed by atoms with E-state index in [0.717, 1.165) is 11.1 Å². The third-order valence-corrected chi connectivity index (χ3v) is 4.21. The molecule has 2 aromatic rings. The predicted octanol–water partition coefficient (Wildman–Crippen LogP) is 2.81. The van der Waals surface area contributed by atoms with Gasteiger partial charge in [-0.1, -0.05) is 12.1 Å². The van der Waals surface area contributed by atoms with Crippen LogP contribution in [0.4, 0.5) is 0 Å². The van der Waals surface area contributed by atoms with E-state index in [1.807, 2.05) is 45.0 Å². The number of hydrogen-bond donors (Lipinski definition) is 2. The molecule has 2 N–H and O–H groups in total. The Morgan fingerprint density at radius 2 is 2.28 bits per heavy atom. The Hall–Kier alpha value is -1.76. The van der Waals surface area contributed by atoms with Crippen molar-refractivity contribution in [3.63, 3.8) is 0 Å². The van der Waals surface area contributed by atoms with Crippen LogP contribution in [0.5, 0.6) is 5.75 Å². The van der Waals surface area contributed by atoms with Gasteiger partial charge in [0, 0.05) is 11.9 Å². The van der Waals surface area contributed by atoms with Gasteiger partial charge in [-0.2, -0.15) is 0 Å². The number of amides is 1. The van der Waals surface area contributed by atoms with Gasteiger partial charge in [-0.3, -0.25) is 4.79 Å². The Balaban J connectivity index is 0.00000225. The lowest BCUT2D eigenvalue weighted by Gasteiger charge is -2.30. The summed E-state index contributed by atoms with van der Waals surface area (Å²) in [4.78, 5) is 12.5. The van der Waals surface area contributed by atoms with Crippen molar-refractivity contribution in [1.82, 2.24) is 10.6 Å². The second-order valence-electron chi connectivity index (χ2n) is 5.99. The molecule has 2 heterocycles. The Bertz CT molecular complexity index is 718. The molecule has 1 amide bonds. The molecule has 25 heavy (non-hydrogen) atoms. The minimum Gasteiger partial charge on any atom is -0.490 e. The fourth-order valence-corrected chi connectivity index (χ4v) is 2.94. The molecule has 3 atom stereocenters. The van der Waals surface area contributed by atoms with E-state index < -0.39 is 0 Å². The molecule has 0 spiro atoms. The number of furan rings is 1. The van der Waals surface area contributed by atoms with E-state index in [1.165, 1.54) is 0 Å². The van der Waals surface area contributed by atoms with Gasteiger partial charge in [-0.05, 0) is 32.9 Å². The van der Waals surface area contributed by atoms with Crippen LogP contribution in [-0.2, 0) is 9.53 Å². The van der Waals surface area contributed by atoms with Gasteiger partial charge in [0.15, 0.2) is 11.3 Å². The Morgan fingerprint density at radius 3 is 3.00 bits per heavy atom. The summed E-state index contributed by atoms with van der Waals surface area (Å²) in [5.74, 6) is 1.34. The molecule has 0 radical (unpaired) electrons. The molecule has 3 rings (SSSR count). The fraction of sp³-hybridized carbons (Fsp3) is 0.500. The molecule has 1 aromatic heterocycles. The molecule has 1 aliphatic heterocycles. The number of fused-ring (bicyclic) bond motifs is 1. The minimum atomic E-state index is -0.343. The zero-order chi connectivity index (χ0) is 17.1. The highest BCUT2D eigenvalue weighted by molar-refractivity contribution is 5.85. The summed E-state index contributed by atoms with van der Waals surface area (Å²) in [5, 5.41) is 7.15. The number of ether oxygens (including phenoxy) is 2. The van der Waals surface area contributed by atoms with E-state index in [2.05, 4.69) is 10.6 Å². The fourth-order valence-electron chi connectivity index (χ4n) is 2.94. The SMILES string of the molecule is CCOc1cccc2cc(C(C)NC(=O)[C@H]3NCCO[C@@H]3C)oc12.Cl. The molecule has 0 saturated carbocycles. The number of morpholine rings is 1. The second kappa shape index (κ2) is 8.56. The molecular weight excluding hydrogens is 344 g/mol. The van der Waals surface area contributed by atoms with Crippen LogP contribution in [-0.4, -0.2) is 37.8 Å². The van der Waals surface area contributed by atoms with Crippen molar-refractivity contribution in [3.05, 3.63) is 30.0 Å². The van der Waals surface area contributed by atoms with Crippen LogP contribution in [0.15, 0.2) is 28.7 Å². The van der Waals surface area contributed by atoms with Gasteiger partial charge in [-0.15, -0.1) is 12.4 Å². The van der Waals surface area contributed by atoms with Crippen LogP contribution in [0, 0.1) is 0 Å². The lowest BCUT2D eigenvalue weighted by atomic mass is 10.1. The van der Waals surface area contributed by atoms with Crippen molar-refractivity contribution in [3.8, 4) is 5.75 Å². The number of nitrogens with one attached hydrogen (secondary N) is 2. The maximum Gasteiger partial charge on any atom is 0.240 e. The van der Waals surface area contributed by atoms with Crippen molar-refractivity contribution in [2.75, 3.05) is 19.8 Å². The Labute approximate surface area is 153 Å². The minimum absolute atomic E-state index is 0. The lowest BCUT2D eigenvalue weighted by Crippen LogP contribution is -2.55. The number of carbonyl (C=O) groups excluding carboxylic acids is 1. The van der Waals surface area contributed by atoms with Gasteiger partial charge in [0.1, 0.15) is 11.8 Å². The first-order valence-corrected chi connectivity index (χ1v) is 8.40. The molecule has 0 aliphatic carbocycles. The molecule has 1 saturated heterocycles. The standard InChI is InChI=1S/C18H24N2O4.ClH/c1-4-22-14-7-5-6-13-10-15(24-17(13)14)11(2)20-18(21)16-12(3)23-9-8-19-16;/h5-7,10-12,16,19H,4,8-9H2,1-3H3,(H,20,21);1H/t11?,12-,16+;/m1./s1. The first-order chi connectivity index (χ1) is 11.6. The summed E-state index contributed by atoms with van der Waals surface area (Å²) in [6.45, 7) is 7.63. The average molecular weight is 369 g/mol. The van der Waals surface area contributed by atoms with E-state index in [4.69, 9.17) is 13.9 Å². The molecular formula is C18H25ClN2O4. The quantitative estimate of drug-likeness (QED) is 0.849. The van der Waals surface area contributed by atoms with E-state index in [-0.39, 0.29) is 36.5 Å². The summed E-state index contributed by atoms with van der Waals surface area (Å²) >= 11 is 0. The van der Waals surface area contributed by atoms with E-state index in [0.29, 0.717) is 31.1 Å². The topological polar surface area (TPSA) is 72.7 Å². The highest BCUT2D eigenvalue weighted by Gasteiger charge is 2.29. The monoisotopic (exact) mass is 368 g/mol. The van der Waals surface area contributed by atoms with Gasteiger partial charge in [0.05, 0.1) is 25.4 Å². The molecule has 1 aliphatic rings. The molecule has 6 nitrogen and oxygen atoms in total. The molecule has 1 unspecified atom stereocenters. The number of rotatable bonds is 5. The van der Waals surface area contributed by atoms with Crippen molar-refractivity contribution < 1.29 is 18.7 Å². The summed E-state index contributed by atoms with van der Waals surface area (Å²) in [5.41, 5.74) is 0.711. The van der Waals surface area contributed by atoms with Crippen molar-refractivity contribution in [2.24, 2.45) is 0 Å². The van der Waals surface area contributed by atoms with Gasteiger partial charge < -0.3 is 24.5 Å². The molecule has 138 valence electrons. The number of hydrogen-bond acceptors (Lipinski definition) is 5. The molecule has 1 fully saturated rings. The van der Waals surface area contributed by atoms with Crippen LogP contribution in [0.25, 0.3) is 11.0 Å². The van der Waals surface area contributed by atoms with Crippen LogP contribution in [0.1, 0.15) is 32.6 Å². The summed E-state index contributed by atoms with van der Waals surface area (Å²) in [6, 6.07) is 7.14. The zero-order valence-corrected chi connectivity index (χ0v) is 15.5. The first kappa shape index (κ1) is 19.6. The number of para-hydroxylation sites is 1. The largest absolute Gasteiger partial charge is 0.490 e. The smallest absolute Gasteiger partial charge is 0.240 e. The van der Waals surface area contributed by atoms with Crippen molar-refractivity contribution >= 4 is 29.3 Å². The zero-order valence-electron chi connectivity index (χ0n) is 14.7. The van der Waals surface area contributed by atoms with Crippen molar-refractivity contribution in [1.29, 1.82) is 0 Å². The van der Waals surface area contributed by atoms with Gasteiger partial charge in [0.25, 0.3) is 0 Å². The van der Waals surface area contributed by atoms with E-state index in [1.54, 1.807) is 0 Å². The first-order valence-electron chi connectivity index (χ1n) is 8.40. The Morgan fingerprint density at radius 1 is 1.48 bits per heavy atom. The number of carbonyl (C=O) groups is 1. The van der Waals surface area contributed by atoms with Crippen LogP contribution < -0.4 is 15.4 Å². The Kier molecular flexibility index (Phi) is 6.70. The third kappa shape index (κ3) is 4.26. The van der Waals surface area contributed by atoms with Gasteiger partial charge in [-0.25, -0.2) is 0 Å². The van der Waals surface area contributed by atoms with E-state index in [9.17, 15) is 4.79 Å². The highest BCUT2D eigenvalue weighted by atomic mass is 35.5. The molecule has 0 bridgehead atoms.